The lowest BCUT2D eigenvalue weighted by molar-refractivity contribution is -0.112. The second-order valence-corrected chi connectivity index (χ2v) is 8.65. The fraction of sp³-hybridized carbons (Fsp3) is 0.0800. The van der Waals surface area contributed by atoms with Gasteiger partial charge >= 0.3 is 5.97 Å². The molecule has 0 spiro atoms. The Morgan fingerprint density at radius 2 is 1.68 bits per heavy atom. The van der Waals surface area contributed by atoms with Crippen LogP contribution in [0, 0.1) is 11.3 Å². The van der Waals surface area contributed by atoms with Crippen LogP contribution in [0.1, 0.15) is 21.5 Å². The Bertz CT molecular complexity index is 1260. The summed E-state index contributed by atoms with van der Waals surface area (Å²) in [7, 11) is 1.28. The van der Waals surface area contributed by atoms with Gasteiger partial charge in [0.2, 0.25) is 0 Å². The number of carbonyl (C=O) groups is 2. The molecule has 0 aliphatic rings. The lowest BCUT2D eigenvalue weighted by Gasteiger charge is -2.11. The van der Waals surface area contributed by atoms with Crippen molar-refractivity contribution in [2.75, 3.05) is 12.4 Å². The third-order valence-electron chi connectivity index (χ3n) is 4.56. The molecule has 3 rings (SSSR count). The quantitative estimate of drug-likeness (QED) is 0.198. The van der Waals surface area contributed by atoms with E-state index >= 15 is 0 Å². The fourth-order valence-electron chi connectivity index (χ4n) is 2.86. The standard InChI is InChI=1S/C25H17BrCl2N2O4/c1-33-25(32)17-4-8-20(9-5-17)30-24(31)18(13-29)10-16-11-21(27)23(22(28)12-16)34-14-15-2-6-19(26)7-3-15/h2-12H,14H2,1H3,(H,30,31)/b18-10+. The van der Waals surface area contributed by atoms with Gasteiger partial charge in [-0.3, -0.25) is 4.79 Å². The van der Waals surface area contributed by atoms with Gasteiger partial charge < -0.3 is 14.8 Å². The van der Waals surface area contributed by atoms with E-state index in [0.29, 0.717) is 22.6 Å². The molecule has 6 nitrogen and oxygen atoms in total. The van der Waals surface area contributed by atoms with E-state index in [1.165, 1.54) is 37.5 Å². The van der Waals surface area contributed by atoms with Crippen molar-refractivity contribution in [1.82, 2.24) is 0 Å². The van der Waals surface area contributed by atoms with Crippen LogP contribution in [0.15, 0.2) is 70.7 Å². The third kappa shape index (κ3) is 6.61. The normalized spacial score (nSPS) is 10.9. The van der Waals surface area contributed by atoms with Gasteiger partial charge in [-0.1, -0.05) is 51.3 Å². The average Bonchev–Trinajstić information content (AvgIpc) is 2.83. The molecule has 0 unspecified atom stereocenters. The number of nitrogens with zero attached hydrogens (tertiary/aromatic N) is 1. The van der Waals surface area contributed by atoms with E-state index < -0.39 is 11.9 Å². The van der Waals surface area contributed by atoms with Crippen molar-refractivity contribution in [2.45, 2.75) is 6.61 Å². The van der Waals surface area contributed by atoms with Crippen molar-refractivity contribution in [2.24, 2.45) is 0 Å². The summed E-state index contributed by atoms with van der Waals surface area (Å²) >= 11 is 16.1. The van der Waals surface area contributed by atoms with Gasteiger partial charge in [0.1, 0.15) is 18.2 Å². The minimum atomic E-state index is -0.629. The van der Waals surface area contributed by atoms with Gasteiger partial charge in [-0.25, -0.2) is 4.79 Å². The average molecular weight is 560 g/mol. The molecule has 0 atom stereocenters. The van der Waals surface area contributed by atoms with E-state index in [1.54, 1.807) is 12.1 Å². The molecular weight excluding hydrogens is 543 g/mol. The maximum Gasteiger partial charge on any atom is 0.337 e. The van der Waals surface area contributed by atoms with Crippen LogP contribution in [-0.2, 0) is 16.1 Å². The first kappa shape index (κ1) is 25.3. The number of anilines is 1. The molecule has 1 amide bonds. The zero-order valence-corrected chi connectivity index (χ0v) is 20.9. The van der Waals surface area contributed by atoms with E-state index in [0.717, 1.165) is 10.0 Å². The van der Waals surface area contributed by atoms with Crippen molar-refractivity contribution in [1.29, 1.82) is 5.26 Å². The molecule has 0 bridgehead atoms. The van der Waals surface area contributed by atoms with Gasteiger partial charge in [0, 0.05) is 10.2 Å². The molecule has 0 fully saturated rings. The molecule has 0 aliphatic carbocycles. The summed E-state index contributed by atoms with van der Waals surface area (Å²) in [5, 5.41) is 12.6. The monoisotopic (exact) mass is 558 g/mol. The molecule has 34 heavy (non-hydrogen) atoms. The van der Waals surface area contributed by atoms with Crippen LogP contribution in [0.4, 0.5) is 5.69 Å². The van der Waals surface area contributed by atoms with Gasteiger partial charge in [-0.15, -0.1) is 0 Å². The highest BCUT2D eigenvalue weighted by molar-refractivity contribution is 9.10. The SMILES string of the molecule is COC(=O)c1ccc(NC(=O)/C(C#N)=C/c2cc(Cl)c(OCc3ccc(Br)cc3)c(Cl)c2)cc1. The Morgan fingerprint density at radius 3 is 2.24 bits per heavy atom. The van der Waals surface area contributed by atoms with Gasteiger partial charge in [0.25, 0.3) is 5.91 Å². The second-order valence-electron chi connectivity index (χ2n) is 6.92. The number of nitriles is 1. The van der Waals surface area contributed by atoms with Crippen molar-refractivity contribution < 1.29 is 19.1 Å². The highest BCUT2D eigenvalue weighted by Gasteiger charge is 2.14. The molecule has 1 N–H and O–H groups in total. The first-order valence-electron chi connectivity index (χ1n) is 9.78. The van der Waals surface area contributed by atoms with E-state index in [2.05, 4.69) is 26.0 Å². The van der Waals surface area contributed by atoms with E-state index in [4.69, 9.17) is 27.9 Å². The van der Waals surface area contributed by atoms with E-state index in [9.17, 15) is 14.9 Å². The van der Waals surface area contributed by atoms with Crippen LogP contribution in [0.2, 0.25) is 10.0 Å². The topological polar surface area (TPSA) is 88.4 Å². The zero-order valence-electron chi connectivity index (χ0n) is 17.8. The van der Waals surface area contributed by atoms with E-state index in [-0.39, 0.29) is 22.2 Å². The molecule has 0 radical (unpaired) electrons. The lowest BCUT2D eigenvalue weighted by Crippen LogP contribution is -2.13. The van der Waals surface area contributed by atoms with Crippen LogP contribution in [0.5, 0.6) is 5.75 Å². The first-order valence-corrected chi connectivity index (χ1v) is 11.3. The number of ether oxygens (including phenoxy) is 2. The number of hydrogen-bond donors (Lipinski definition) is 1. The summed E-state index contributed by atoms with van der Waals surface area (Å²) in [4.78, 5) is 24.1. The Balaban J connectivity index is 1.73. The number of methoxy groups -OCH3 is 1. The molecule has 3 aromatic rings. The summed E-state index contributed by atoms with van der Waals surface area (Å²) in [6.45, 7) is 0.266. The summed E-state index contributed by atoms with van der Waals surface area (Å²) < 4.78 is 11.4. The number of halogens is 3. The number of carbonyl (C=O) groups excluding carboxylic acids is 2. The highest BCUT2D eigenvalue weighted by atomic mass is 79.9. The Kier molecular flexibility index (Phi) is 8.72. The molecule has 0 saturated heterocycles. The minimum absolute atomic E-state index is 0.160. The van der Waals surface area contributed by atoms with Gasteiger partial charge in [-0.2, -0.15) is 5.26 Å². The summed E-state index contributed by atoms with van der Waals surface area (Å²) in [5.41, 5.74) is 1.98. The number of hydrogen-bond acceptors (Lipinski definition) is 5. The van der Waals surface area contributed by atoms with Crippen LogP contribution < -0.4 is 10.1 Å². The Hall–Kier alpha value is -3.31. The molecule has 0 heterocycles. The maximum absolute atomic E-state index is 12.6. The molecule has 9 heteroatoms. The predicted molar refractivity (Wildman–Crippen MR) is 135 cm³/mol. The maximum atomic E-state index is 12.6. The zero-order chi connectivity index (χ0) is 24.7. The molecule has 0 aromatic heterocycles. The van der Waals surface area contributed by atoms with Crippen LogP contribution in [-0.4, -0.2) is 19.0 Å². The first-order chi connectivity index (χ1) is 16.3. The molecular formula is C25H17BrCl2N2O4. The third-order valence-corrected chi connectivity index (χ3v) is 5.65. The number of nitrogens with one attached hydrogen (secondary N) is 1. The predicted octanol–water partition coefficient (Wildman–Crippen LogP) is 6.67. The lowest BCUT2D eigenvalue weighted by atomic mass is 10.1. The van der Waals surface area contributed by atoms with E-state index in [1.807, 2.05) is 30.3 Å². The van der Waals surface area contributed by atoms with Crippen LogP contribution in [0.25, 0.3) is 6.08 Å². The highest BCUT2D eigenvalue weighted by Crippen LogP contribution is 2.35. The van der Waals surface area contributed by atoms with Gasteiger partial charge in [0.05, 0.1) is 22.7 Å². The molecule has 0 aliphatic heterocycles. The van der Waals surface area contributed by atoms with Crippen molar-refractivity contribution >= 4 is 62.8 Å². The second kappa shape index (κ2) is 11.7. The van der Waals surface area contributed by atoms with Gasteiger partial charge in [-0.05, 0) is 65.7 Å². The van der Waals surface area contributed by atoms with Crippen LogP contribution >= 0.6 is 39.1 Å². The van der Waals surface area contributed by atoms with Crippen molar-refractivity contribution in [3.63, 3.8) is 0 Å². The molecule has 0 saturated carbocycles. The summed E-state index contributed by atoms with van der Waals surface area (Å²) in [6.07, 6.45) is 1.37. The Labute approximate surface area is 214 Å². The number of rotatable bonds is 7. The van der Waals surface area contributed by atoms with Crippen LogP contribution in [0.3, 0.4) is 0 Å². The number of esters is 1. The summed E-state index contributed by atoms with van der Waals surface area (Å²) in [6, 6.07) is 18.7. The largest absolute Gasteiger partial charge is 0.486 e. The summed E-state index contributed by atoms with van der Waals surface area (Å²) in [5.74, 6) is -0.818. The molecule has 172 valence electrons. The van der Waals surface area contributed by atoms with Gasteiger partial charge in [0.15, 0.2) is 5.75 Å². The molecule has 3 aromatic carbocycles. The minimum Gasteiger partial charge on any atom is -0.486 e. The fourth-order valence-corrected chi connectivity index (χ4v) is 3.74. The Morgan fingerprint density at radius 1 is 1.06 bits per heavy atom. The smallest absolute Gasteiger partial charge is 0.337 e. The number of amides is 1. The van der Waals surface area contributed by atoms with Crippen molar-refractivity contribution in [3.8, 4) is 11.8 Å². The number of benzene rings is 3. The van der Waals surface area contributed by atoms with Crippen molar-refractivity contribution in [3.05, 3.63) is 97.4 Å².